The van der Waals surface area contributed by atoms with Crippen molar-refractivity contribution in [3.63, 3.8) is 0 Å². The van der Waals surface area contributed by atoms with Crippen LogP contribution in [0.3, 0.4) is 0 Å². The van der Waals surface area contributed by atoms with Gasteiger partial charge in [0.05, 0.1) is 6.04 Å². The van der Waals surface area contributed by atoms with Gasteiger partial charge >= 0.3 is 6.03 Å². The zero-order chi connectivity index (χ0) is 19.5. The van der Waals surface area contributed by atoms with Crippen molar-refractivity contribution in [1.29, 1.82) is 0 Å². The normalized spacial score (nSPS) is 18.8. The van der Waals surface area contributed by atoms with Gasteiger partial charge in [0.25, 0.3) is 0 Å². The van der Waals surface area contributed by atoms with Crippen LogP contribution in [0.15, 0.2) is 48.5 Å². The van der Waals surface area contributed by atoms with Gasteiger partial charge in [-0.2, -0.15) is 0 Å². The third-order valence-electron chi connectivity index (χ3n) is 5.81. The van der Waals surface area contributed by atoms with E-state index in [4.69, 9.17) is 4.74 Å². The average molecular weight is 380 g/mol. The van der Waals surface area contributed by atoms with Gasteiger partial charge in [-0.15, -0.1) is 0 Å². The van der Waals surface area contributed by atoms with Crippen molar-refractivity contribution in [1.82, 2.24) is 15.1 Å². The summed E-state index contributed by atoms with van der Waals surface area (Å²) in [6, 6.07) is 16.9. The van der Waals surface area contributed by atoms with E-state index in [-0.39, 0.29) is 18.1 Å². The Morgan fingerprint density at radius 3 is 2.29 bits per heavy atom. The first-order valence-electron chi connectivity index (χ1n) is 10.4. The second-order valence-electron chi connectivity index (χ2n) is 7.52. The van der Waals surface area contributed by atoms with Gasteiger partial charge in [0.1, 0.15) is 11.5 Å². The maximum Gasteiger partial charge on any atom is 0.320 e. The number of carbonyl (C=O) groups is 1. The first-order valence-corrected chi connectivity index (χ1v) is 10.4. The smallest absolute Gasteiger partial charge is 0.320 e. The Balaban J connectivity index is 1.55. The highest BCUT2D eigenvalue weighted by atomic mass is 16.5. The molecule has 1 fully saturated rings. The minimum absolute atomic E-state index is 0.0784. The highest BCUT2D eigenvalue weighted by molar-refractivity contribution is 5.74. The van der Waals surface area contributed by atoms with E-state index in [1.54, 1.807) is 0 Å². The first-order chi connectivity index (χ1) is 13.7. The molecule has 0 spiro atoms. The summed E-state index contributed by atoms with van der Waals surface area (Å²) in [6.45, 7) is 7.18. The number of fused-ring (bicyclic) bond motifs is 2. The molecule has 2 aliphatic rings. The number of para-hydroxylation sites is 2. The number of benzene rings is 2. The van der Waals surface area contributed by atoms with E-state index < -0.39 is 0 Å². The van der Waals surface area contributed by atoms with Crippen LogP contribution < -0.4 is 10.1 Å². The molecule has 0 aromatic heterocycles. The number of amides is 2. The number of hydrogen-bond acceptors (Lipinski definition) is 3. The summed E-state index contributed by atoms with van der Waals surface area (Å²) in [5.41, 5.74) is 2.32. The zero-order valence-electron chi connectivity index (χ0n) is 16.7. The molecular weight excluding hydrogens is 350 g/mol. The van der Waals surface area contributed by atoms with E-state index in [0.29, 0.717) is 0 Å². The van der Waals surface area contributed by atoms with Crippen LogP contribution in [0, 0.1) is 0 Å². The summed E-state index contributed by atoms with van der Waals surface area (Å²) in [7, 11) is 0. The second kappa shape index (κ2) is 8.23. The molecule has 2 heterocycles. The first kappa shape index (κ1) is 18.8. The fraction of sp³-hybridized carbons (Fsp3) is 0.435. The van der Waals surface area contributed by atoms with Crippen LogP contribution in [-0.4, -0.2) is 48.1 Å². The lowest BCUT2D eigenvalue weighted by Gasteiger charge is -2.39. The Bertz CT molecular complexity index is 789. The predicted molar refractivity (Wildman–Crippen MR) is 111 cm³/mol. The Morgan fingerprint density at radius 2 is 1.68 bits per heavy atom. The van der Waals surface area contributed by atoms with Gasteiger partial charge in [-0.3, -0.25) is 0 Å². The van der Waals surface area contributed by atoms with E-state index in [1.165, 1.54) is 0 Å². The van der Waals surface area contributed by atoms with Crippen LogP contribution in [0.4, 0.5) is 4.79 Å². The monoisotopic (exact) mass is 379 g/mol. The molecule has 0 radical (unpaired) electrons. The SMILES string of the molecule is CCN(CC)C(=O)N1CCCC(NC2c3ccccc3Oc3ccccc32)C1. The fourth-order valence-electron chi connectivity index (χ4n) is 4.31. The van der Waals surface area contributed by atoms with E-state index in [2.05, 4.69) is 29.6 Å². The number of piperidine rings is 1. The average Bonchev–Trinajstić information content (AvgIpc) is 2.74. The topological polar surface area (TPSA) is 44.8 Å². The van der Waals surface area contributed by atoms with Crippen LogP contribution in [0.25, 0.3) is 0 Å². The largest absolute Gasteiger partial charge is 0.457 e. The Morgan fingerprint density at radius 1 is 1.07 bits per heavy atom. The highest BCUT2D eigenvalue weighted by Crippen LogP contribution is 2.42. The lowest BCUT2D eigenvalue weighted by molar-refractivity contribution is 0.136. The number of hydrogen-bond donors (Lipinski definition) is 1. The molecule has 1 saturated heterocycles. The molecule has 28 heavy (non-hydrogen) atoms. The number of urea groups is 1. The van der Waals surface area contributed by atoms with Crippen molar-refractivity contribution >= 4 is 6.03 Å². The number of rotatable bonds is 4. The third kappa shape index (κ3) is 3.59. The van der Waals surface area contributed by atoms with Gasteiger partial charge < -0.3 is 19.9 Å². The molecule has 4 rings (SSSR count). The van der Waals surface area contributed by atoms with Gasteiger partial charge in [-0.1, -0.05) is 36.4 Å². The summed E-state index contributed by atoms with van der Waals surface area (Å²) in [6.07, 6.45) is 2.10. The quantitative estimate of drug-likeness (QED) is 0.856. The number of nitrogens with one attached hydrogen (secondary N) is 1. The van der Waals surface area contributed by atoms with E-state index >= 15 is 0 Å². The van der Waals surface area contributed by atoms with E-state index in [1.807, 2.05) is 47.9 Å². The van der Waals surface area contributed by atoms with Crippen LogP contribution in [0.5, 0.6) is 11.5 Å². The standard InChI is InChI=1S/C23H29N3O2/c1-3-25(4-2)23(27)26-15-9-10-17(16-26)24-22-18-11-5-7-13-20(18)28-21-14-8-6-12-19(21)22/h5-8,11-14,17,22,24H,3-4,9-10,15-16H2,1-2H3. The van der Waals surface area contributed by atoms with Crippen LogP contribution in [-0.2, 0) is 0 Å². The van der Waals surface area contributed by atoms with Crippen molar-refractivity contribution in [2.24, 2.45) is 0 Å². The second-order valence-corrected chi connectivity index (χ2v) is 7.52. The molecule has 148 valence electrons. The molecule has 0 aliphatic carbocycles. The molecule has 0 bridgehead atoms. The minimum atomic E-state index is 0.0784. The lowest BCUT2D eigenvalue weighted by Crippen LogP contribution is -2.52. The summed E-state index contributed by atoms with van der Waals surface area (Å²) in [4.78, 5) is 16.7. The zero-order valence-corrected chi connectivity index (χ0v) is 16.7. The van der Waals surface area contributed by atoms with Crippen LogP contribution in [0.1, 0.15) is 43.9 Å². The molecule has 5 nitrogen and oxygen atoms in total. The molecule has 1 N–H and O–H groups in total. The Hall–Kier alpha value is -2.53. The van der Waals surface area contributed by atoms with Crippen LogP contribution in [0.2, 0.25) is 0 Å². The molecule has 2 amide bonds. The molecule has 2 aromatic rings. The Labute approximate surface area is 167 Å². The molecule has 0 saturated carbocycles. The number of carbonyl (C=O) groups excluding carboxylic acids is 1. The van der Waals surface area contributed by atoms with E-state index in [9.17, 15) is 4.79 Å². The molecule has 2 aromatic carbocycles. The predicted octanol–water partition coefficient (Wildman–Crippen LogP) is 4.40. The fourth-order valence-corrected chi connectivity index (χ4v) is 4.31. The molecule has 1 atom stereocenters. The van der Waals surface area contributed by atoms with Crippen molar-refractivity contribution in [3.05, 3.63) is 59.7 Å². The van der Waals surface area contributed by atoms with Crippen molar-refractivity contribution in [2.75, 3.05) is 26.2 Å². The van der Waals surface area contributed by atoms with E-state index in [0.717, 1.165) is 61.6 Å². The van der Waals surface area contributed by atoms with Gasteiger partial charge in [0.15, 0.2) is 0 Å². The summed E-state index contributed by atoms with van der Waals surface area (Å²) < 4.78 is 6.11. The van der Waals surface area contributed by atoms with Gasteiger partial charge in [0.2, 0.25) is 0 Å². The highest BCUT2D eigenvalue weighted by Gasteiger charge is 2.32. The third-order valence-corrected chi connectivity index (χ3v) is 5.81. The van der Waals surface area contributed by atoms with Gasteiger partial charge in [-0.25, -0.2) is 4.79 Å². The lowest BCUT2D eigenvalue weighted by atomic mass is 9.93. The summed E-state index contributed by atoms with van der Waals surface area (Å²) in [5, 5.41) is 3.84. The molecule has 5 heteroatoms. The van der Waals surface area contributed by atoms with Gasteiger partial charge in [0, 0.05) is 43.3 Å². The number of ether oxygens (including phenoxy) is 1. The van der Waals surface area contributed by atoms with Crippen LogP contribution >= 0.6 is 0 Å². The molecular formula is C23H29N3O2. The van der Waals surface area contributed by atoms with Crippen molar-refractivity contribution in [2.45, 2.75) is 38.8 Å². The number of likely N-dealkylation sites (tertiary alicyclic amines) is 1. The summed E-state index contributed by atoms with van der Waals surface area (Å²) in [5.74, 6) is 1.82. The molecule has 2 aliphatic heterocycles. The Kier molecular flexibility index (Phi) is 5.53. The number of nitrogens with zero attached hydrogens (tertiary/aromatic N) is 2. The maximum atomic E-state index is 12.8. The van der Waals surface area contributed by atoms with Crippen molar-refractivity contribution in [3.8, 4) is 11.5 Å². The summed E-state index contributed by atoms with van der Waals surface area (Å²) >= 11 is 0. The van der Waals surface area contributed by atoms with Crippen molar-refractivity contribution < 1.29 is 9.53 Å². The maximum absolute atomic E-state index is 12.8. The minimum Gasteiger partial charge on any atom is -0.457 e. The molecule has 1 unspecified atom stereocenters. The van der Waals surface area contributed by atoms with Gasteiger partial charge in [-0.05, 0) is 38.8 Å².